The van der Waals surface area contributed by atoms with Gasteiger partial charge in [0, 0.05) is 17.6 Å². The molecule has 0 heterocycles. The second-order valence-corrected chi connectivity index (χ2v) is 7.78. The third-order valence-corrected chi connectivity index (χ3v) is 5.76. The number of hydrogen-bond donors (Lipinski definition) is 2. The first-order chi connectivity index (χ1) is 9.33. The number of hydrogen-bond acceptors (Lipinski definition) is 3. The van der Waals surface area contributed by atoms with E-state index in [4.69, 9.17) is 28.9 Å². The molecular formula is C13H18Cl2N2O2S. The van der Waals surface area contributed by atoms with Crippen LogP contribution in [-0.2, 0) is 16.6 Å². The molecule has 0 spiro atoms. The van der Waals surface area contributed by atoms with Gasteiger partial charge in [-0.25, -0.2) is 13.1 Å². The van der Waals surface area contributed by atoms with Crippen molar-refractivity contribution in [2.24, 2.45) is 11.7 Å². The summed E-state index contributed by atoms with van der Waals surface area (Å²) < 4.78 is 27.4. The molecule has 0 bridgehead atoms. The second kappa shape index (κ2) is 6.20. The van der Waals surface area contributed by atoms with Crippen molar-refractivity contribution >= 4 is 33.2 Å². The lowest BCUT2D eigenvalue weighted by Crippen LogP contribution is -2.33. The first-order valence-corrected chi connectivity index (χ1v) is 8.77. The summed E-state index contributed by atoms with van der Waals surface area (Å²) >= 11 is 12.0. The predicted octanol–water partition coefficient (Wildman–Crippen LogP) is 2.92. The van der Waals surface area contributed by atoms with Gasteiger partial charge in [-0.05, 0) is 37.0 Å². The lowest BCUT2D eigenvalue weighted by atomic mass is 10.2. The van der Waals surface area contributed by atoms with Crippen LogP contribution in [0.3, 0.4) is 0 Å². The molecule has 1 fully saturated rings. The van der Waals surface area contributed by atoms with Gasteiger partial charge in [0.15, 0.2) is 0 Å². The van der Waals surface area contributed by atoms with E-state index in [-0.39, 0.29) is 22.5 Å². The monoisotopic (exact) mass is 336 g/mol. The van der Waals surface area contributed by atoms with Gasteiger partial charge in [0.05, 0.1) is 5.02 Å². The summed E-state index contributed by atoms with van der Waals surface area (Å²) in [6.45, 7) is 2.03. The maximum atomic E-state index is 12.4. The third-order valence-electron chi connectivity index (χ3n) is 3.35. The van der Waals surface area contributed by atoms with Gasteiger partial charge in [0.2, 0.25) is 10.0 Å². The molecule has 0 aliphatic heterocycles. The molecule has 20 heavy (non-hydrogen) atoms. The van der Waals surface area contributed by atoms with E-state index in [1.165, 1.54) is 25.0 Å². The fraction of sp³-hybridized carbons (Fsp3) is 0.538. The van der Waals surface area contributed by atoms with E-state index in [2.05, 4.69) is 4.72 Å². The molecule has 0 aromatic heterocycles. The SMILES string of the molecule is CC(CC1CC1)NS(=O)(=O)c1cc(CN)c(Cl)cc1Cl. The molecule has 0 amide bonds. The highest BCUT2D eigenvalue weighted by atomic mass is 35.5. The van der Waals surface area contributed by atoms with Crippen molar-refractivity contribution in [3.05, 3.63) is 27.7 Å². The molecule has 1 saturated carbocycles. The highest BCUT2D eigenvalue weighted by Crippen LogP contribution is 2.34. The van der Waals surface area contributed by atoms with Crippen LogP contribution in [0.1, 0.15) is 31.7 Å². The van der Waals surface area contributed by atoms with Crippen LogP contribution in [0.15, 0.2) is 17.0 Å². The van der Waals surface area contributed by atoms with Crippen LogP contribution >= 0.6 is 23.2 Å². The van der Waals surface area contributed by atoms with Gasteiger partial charge in [-0.15, -0.1) is 0 Å². The Labute approximate surface area is 129 Å². The Morgan fingerprint density at radius 1 is 1.35 bits per heavy atom. The lowest BCUT2D eigenvalue weighted by Gasteiger charge is -2.15. The van der Waals surface area contributed by atoms with Gasteiger partial charge in [-0.2, -0.15) is 0 Å². The molecular weight excluding hydrogens is 319 g/mol. The molecule has 2 rings (SSSR count). The minimum Gasteiger partial charge on any atom is -0.326 e. The molecule has 1 aliphatic rings. The topological polar surface area (TPSA) is 72.2 Å². The average molecular weight is 337 g/mol. The highest BCUT2D eigenvalue weighted by Gasteiger charge is 2.27. The Hall–Kier alpha value is -0.330. The lowest BCUT2D eigenvalue weighted by molar-refractivity contribution is 0.530. The van der Waals surface area contributed by atoms with Crippen LogP contribution in [0.4, 0.5) is 0 Å². The molecule has 1 atom stereocenters. The summed E-state index contributed by atoms with van der Waals surface area (Å²) in [5, 5.41) is 0.487. The Morgan fingerprint density at radius 3 is 2.55 bits per heavy atom. The predicted molar refractivity (Wildman–Crippen MR) is 81.5 cm³/mol. The van der Waals surface area contributed by atoms with Gasteiger partial charge in [0.25, 0.3) is 0 Å². The summed E-state index contributed by atoms with van der Waals surface area (Å²) in [6.07, 6.45) is 3.23. The molecule has 0 saturated heterocycles. The molecule has 7 heteroatoms. The molecule has 4 nitrogen and oxygen atoms in total. The number of benzene rings is 1. The van der Waals surface area contributed by atoms with E-state index in [1.54, 1.807) is 0 Å². The summed E-state index contributed by atoms with van der Waals surface area (Å²) in [6, 6.07) is 2.75. The maximum absolute atomic E-state index is 12.4. The van der Waals surface area contributed by atoms with Gasteiger partial charge in [-0.1, -0.05) is 36.0 Å². The molecule has 1 aromatic rings. The zero-order valence-electron chi connectivity index (χ0n) is 11.2. The smallest absolute Gasteiger partial charge is 0.242 e. The van der Waals surface area contributed by atoms with Crippen LogP contribution in [0.2, 0.25) is 10.0 Å². The van der Waals surface area contributed by atoms with Crippen molar-refractivity contribution in [3.63, 3.8) is 0 Å². The average Bonchev–Trinajstić information content (AvgIpc) is 3.11. The first-order valence-electron chi connectivity index (χ1n) is 6.54. The molecule has 3 N–H and O–H groups in total. The summed E-state index contributed by atoms with van der Waals surface area (Å²) in [4.78, 5) is 0.0339. The van der Waals surface area contributed by atoms with Gasteiger partial charge < -0.3 is 5.73 Å². The van der Waals surface area contributed by atoms with Gasteiger partial charge >= 0.3 is 0 Å². The van der Waals surface area contributed by atoms with Crippen molar-refractivity contribution in [1.82, 2.24) is 4.72 Å². The number of rotatable bonds is 6. The fourth-order valence-electron chi connectivity index (χ4n) is 2.16. The van der Waals surface area contributed by atoms with Gasteiger partial charge in [0.1, 0.15) is 4.90 Å². The van der Waals surface area contributed by atoms with Crippen molar-refractivity contribution in [2.75, 3.05) is 0 Å². The van der Waals surface area contributed by atoms with Crippen molar-refractivity contribution in [3.8, 4) is 0 Å². The maximum Gasteiger partial charge on any atom is 0.242 e. The number of nitrogens with two attached hydrogens (primary N) is 1. The fourth-order valence-corrected chi connectivity index (χ4v) is 4.29. The summed E-state index contributed by atoms with van der Waals surface area (Å²) in [5.41, 5.74) is 6.11. The zero-order chi connectivity index (χ0) is 14.9. The first kappa shape index (κ1) is 16.0. The van der Waals surface area contributed by atoms with E-state index >= 15 is 0 Å². The van der Waals surface area contributed by atoms with Crippen LogP contribution in [0.5, 0.6) is 0 Å². The molecule has 1 aliphatic carbocycles. The third kappa shape index (κ3) is 3.86. The highest BCUT2D eigenvalue weighted by molar-refractivity contribution is 7.89. The Balaban J connectivity index is 2.23. The molecule has 0 radical (unpaired) electrons. The molecule has 1 unspecified atom stereocenters. The Morgan fingerprint density at radius 2 is 2.00 bits per heavy atom. The second-order valence-electron chi connectivity index (χ2n) is 5.28. The van der Waals surface area contributed by atoms with Crippen LogP contribution < -0.4 is 10.5 Å². The van der Waals surface area contributed by atoms with Crippen molar-refractivity contribution in [1.29, 1.82) is 0 Å². The van der Waals surface area contributed by atoms with Crippen LogP contribution in [0, 0.1) is 5.92 Å². The quantitative estimate of drug-likeness (QED) is 0.838. The number of sulfonamides is 1. The van der Waals surface area contributed by atoms with Crippen LogP contribution in [-0.4, -0.2) is 14.5 Å². The van der Waals surface area contributed by atoms with Crippen molar-refractivity contribution < 1.29 is 8.42 Å². The van der Waals surface area contributed by atoms with Crippen molar-refractivity contribution in [2.45, 2.75) is 43.7 Å². The minimum absolute atomic E-state index is 0.0339. The normalized spacial score (nSPS) is 17.2. The standard InChI is InChI=1S/C13H18Cl2N2O2S/c1-8(4-9-2-3-9)17-20(18,19)13-5-10(7-16)11(14)6-12(13)15/h5-6,8-9,17H,2-4,7,16H2,1H3. The van der Waals surface area contributed by atoms with E-state index in [1.807, 2.05) is 6.92 Å². The van der Waals surface area contributed by atoms with E-state index < -0.39 is 10.0 Å². The molecule has 1 aromatic carbocycles. The van der Waals surface area contributed by atoms with E-state index in [0.29, 0.717) is 16.5 Å². The Kier molecular flexibility index (Phi) is 4.97. The molecule has 112 valence electrons. The van der Waals surface area contributed by atoms with Gasteiger partial charge in [-0.3, -0.25) is 0 Å². The largest absolute Gasteiger partial charge is 0.326 e. The Bertz CT molecular complexity index is 601. The van der Waals surface area contributed by atoms with E-state index in [0.717, 1.165) is 6.42 Å². The minimum atomic E-state index is -3.65. The summed E-state index contributed by atoms with van der Waals surface area (Å²) in [5.74, 6) is 0.646. The number of halogens is 2. The zero-order valence-corrected chi connectivity index (χ0v) is 13.5. The van der Waals surface area contributed by atoms with Crippen LogP contribution in [0.25, 0.3) is 0 Å². The summed E-state index contributed by atoms with van der Waals surface area (Å²) in [7, 11) is -3.65. The van der Waals surface area contributed by atoms with E-state index in [9.17, 15) is 8.42 Å². The number of nitrogens with one attached hydrogen (secondary N) is 1.